The molecule has 0 unspecified atom stereocenters. The summed E-state index contributed by atoms with van der Waals surface area (Å²) in [6, 6.07) is 14.8. The molecule has 0 radical (unpaired) electrons. The molecule has 2 aromatic rings. The summed E-state index contributed by atoms with van der Waals surface area (Å²) in [5.74, 6) is 0.733. The maximum Gasteiger partial charge on any atom is 0.416 e. The minimum atomic E-state index is -0.625. The quantitative estimate of drug-likeness (QED) is 0.100. The highest BCUT2D eigenvalue weighted by molar-refractivity contribution is 8.14. The van der Waals surface area contributed by atoms with Gasteiger partial charge in [0, 0.05) is 45.5 Å². The van der Waals surface area contributed by atoms with Crippen LogP contribution in [0.1, 0.15) is 93.2 Å². The van der Waals surface area contributed by atoms with Gasteiger partial charge in [-0.2, -0.15) is 0 Å². The lowest BCUT2D eigenvalue weighted by Gasteiger charge is -2.41. The summed E-state index contributed by atoms with van der Waals surface area (Å²) in [5, 5.41) is 8.02. The van der Waals surface area contributed by atoms with Gasteiger partial charge in [0.2, 0.25) is 0 Å². The molecule has 0 saturated carbocycles. The number of hydrogen-bond acceptors (Lipinski definition) is 19. The molecule has 0 bridgehead atoms. The minimum Gasteiger partial charge on any atom is -0.497 e. The highest BCUT2D eigenvalue weighted by Gasteiger charge is 2.51. The summed E-state index contributed by atoms with van der Waals surface area (Å²) in [6.07, 6.45) is 1.71. The van der Waals surface area contributed by atoms with Crippen molar-refractivity contribution >= 4 is 58.0 Å². The molecule has 6 rings (SSSR count). The standard InChI is InChI=1S/C26H38N2O7S.C26H36N2O7S.CH4O/c2*1-8-32-20(29)14-13-19-16(2)22(33-15-17-9-11-18(31-7)12-10-17)21-23(34-19)36-24(27-21)28(6)25(30)35-26(3,4)5;1-2/h9-12,16,19,21-23H,8,13-15H2,1-7H3;9-14,16,19,21-23H,8,15H2,1-7H3;2H,1H3/b;14-13+;/t2*16-,19-,21-,22+,23-;/m11./s1. The van der Waals surface area contributed by atoms with E-state index < -0.39 is 40.9 Å². The van der Waals surface area contributed by atoms with Gasteiger partial charge < -0.3 is 52.5 Å². The van der Waals surface area contributed by atoms with Crippen molar-refractivity contribution in [3.63, 3.8) is 0 Å². The molecular formula is C53H78N4O15S2. The molecule has 0 aliphatic carbocycles. The Morgan fingerprint density at radius 2 is 1.11 bits per heavy atom. The van der Waals surface area contributed by atoms with E-state index in [1.807, 2.05) is 97.0 Å². The van der Waals surface area contributed by atoms with Gasteiger partial charge in [-0.15, -0.1) is 0 Å². The van der Waals surface area contributed by atoms with Crippen LogP contribution in [0.5, 0.6) is 11.5 Å². The number of aliphatic imine (C=N–C) groups is 2. The van der Waals surface area contributed by atoms with E-state index in [1.54, 1.807) is 48.2 Å². The van der Waals surface area contributed by atoms with E-state index in [1.165, 1.54) is 39.4 Å². The molecule has 2 fully saturated rings. The van der Waals surface area contributed by atoms with Crippen molar-refractivity contribution in [1.82, 2.24) is 9.80 Å². The van der Waals surface area contributed by atoms with Crippen LogP contribution in [0.15, 0.2) is 70.7 Å². The number of carbonyl (C=O) groups excluding carboxylic acids is 4. The number of nitrogens with zero attached hydrogens (tertiary/aromatic N) is 4. The molecule has 1 N–H and O–H groups in total. The topological polar surface area (TPSA) is 212 Å². The van der Waals surface area contributed by atoms with Crippen LogP contribution in [0.4, 0.5) is 9.59 Å². The Labute approximate surface area is 445 Å². The fourth-order valence-corrected chi connectivity index (χ4v) is 10.3. The SMILES string of the molecule is CCOC(=O)/C=C/[C@H]1O[C@@H]2SC(N(C)C(=O)OC(C)(C)C)=N[C@@H]2[C@@H](OCc2ccc(OC)cc2)[C@@H]1C.CCOC(=O)CC[C@H]1O[C@@H]2SC(N(C)C(=O)OC(C)(C)C)=N[C@@H]2[C@@H](OCc2ccc(OC)cc2)[C@@H]1C.CO. The maximum atomic E-state index is 12.6. The Hall–Kier alpha value is -4.90. The molecule has 2 aromatic carbocycles. The van der Waals surface area contributed by atoms with Gasteiger partial charge in [0.1, 0.15) is 45.7 Å². The third-order valence-corrected chi connectivity index (χ3v) is 14.1. The highest BCUT2D eigenvalue weighted by Crippen LogP contribution is 2.43. The zero-order chi connectivity index (χ0) is 54.9. The van der Waals surface area contributed by atoms with Crippen LogP contribution in [0.25, 0.3) is 0 Å². The summed E-state index contributed by atoms with van der Waals surface area (Å²) >= 11 is 2.72. The number of amides is 2. The second-order valence-electron chi connectivity index (χ2n) is 19.6. The van der Waals surface area contributed by atoms with Crippen molar-refractivity contribution < 1.29 is 71.7 Å². The Morgan fingerprint density at radius 1 is 0.676 bits per heavy atom. The lowest BCUT2D eigenvalue weighted by Crippen LogP contribution is -2.51. The number of esters is 2. The molecule has 19 nitrogen and oxygen atoms in total. The van der Waals surface area contributed by atoms with E-state index in [0.717, 1.165) is 29.7 Å². The predicted molar refractivity (Wildman–Crippen MR) is 284 cm³/mol. The number of benzene rings is 2. The Morgan fingerprint density at radius 3 is 1.53 bits per heavy atom. The number of amidine groups is 2. The summed E-state index contributed by atoms with van der Waals surface area (Å²) < 4.78 is 57.1. The molecule has 0 spiro atoms. The fraction of sp³-hybridized carbons (Fsp3) is 0.623. The molecule has 74 heavy (non-hydrogen) atoms. The summed E-state index contributed by atoms with van der Waals surface area (Å²) in [5.41, 5.74) is 0.0305. The molecule has 2 amide bonds. The van der Waals surface area contributed by atoms with Crippen molar-refractivity contribution in [2.24, 2.45) is 21.8 Å². The van der Waals surface area contributed by atoms with Crippen molar-refractivity contribution in [3.05, 3.63) is 71.8 Å². The highest BCUT2D eigenvalue weighted by atomic mass is 32.2. The molecule has 4 aliphatic heterocycles. The molecule has 10 atom stereocenters. The molecular weight excluding hydrogens is 997 g/mol. The molecule has 412 valence electrons. The van der Waals surface area contributed by atoms with Gasteiger partial charge in [-0.3, -0.25) is 24.6 Å². The number of aliphatic hydroxyl groups excluding tert-OH is 1. The van der Waals surface area contributed by atoms with Crippen molar-refractivity contribution in [1.29, 1.82) is 0 Å². The van der Waals surface area contributed by atoms with Gasteiger partial charge in [-0.1, -0.05) is 61.6 Å². The van der Waals surface area contributed by atoms with Crippen molar-refractivity contribution in [2.75, 3.05) is 48.6 Å². The lowest BCUT2D eigenvalue weighted by molar-refractivity contribution is -0.151. The third kappa shape index (κ3) is 18.1. The smallest absolute Gasteiger partial charge is 0.416 e. The van der Waals surface area contributed by atoms with E-state index in [2.05, 4.69) is 6.92 Å². The average molecular weight is 1080 g/mol. The molecule has 21 heteroatoms. The summed E-state index contributed by atoms with van der Waals surface area (Å²) in [7, 11) is 7.53. The number of fused-ring (bicyclic) bond motifs is 2. The number of hydrogen-bond donors (Lipinski definition) is 1. The first-order valence-electron chi connectivity index (χ1n) is 24.7. The van der Waals surface area contributed by atoms with Crippen LogP contribution in [-0.2, 0) is 60.7 Å². The monoisotopic (exact) mass is 1070 g/mol. The van der Waals surface area contributed by atoms with Crippen LogP contribution in [-0.4, -0.2) is 157 Å². The first kappa shape index (κ1) is 61.6. The van der Waals surface area contributed by atoms with Crippen molar-refractivity contribution in [2.45, 2.75) is 154 Å². The number of carbonyl (C=O) groups is 4. The predicted octanol–water partition coefficient (Wildman–Crippen LogP) is 8.63. The maximum absolute atomic E-state index is 12.6. The van der Waals surface area contributed by atoms with Gasteiger partial charge in [0.15, 0.2) is 10.3 Å². The summed E-state index contributed by atoms with van der Waals surface area (Å²) in [6.45, 7) is 19.9. The number of ether oxygens (including phenoxy) is 10. The summed E-state index contributed by atoms with van der Waals surface area (Å²) in [4.78, 5) is 61.6. The van der Waals surface area contributed by atoms with Gasteiger partial charge in [0.05, 0.1) is 65.1 Å². The number of thioether (sulfide) groups is 2. The van der Waals surface area contributed by atoms with Gasteiger partial charge >= 0.3 is 24.1 Å². The Bertz CT molecular complexity index is 2220. The Kier molecular flexibility index (Phi) is 24.0. The largest absolute Gasteiger partial charge is 0.497 e. The normalized spacial score (nSPS) is 25.0. The van der Waals surface area contributed by atoms with Crippen molar-refractivity contribution in [3.8, 4) is 11.5 Å². The molecule has 2 saturated heterocycles. The minimum absolute atomic E-state index is 0.0329. The molecule has 0 aromatic heterocycles. The van der Waals surface area contributed by atoms with Gasteiger partial charge in [-0.05, 0) is 103 Å². The van der Waals surface area contributed by atoms with Gasteiger partial charge in [0.25, 0.3) is 0 Å². The zero-order valence-electron chi connectivity index (χ0n) is 45.6. The van der Waals surface area contributed by atoms with Crippen LogP contribution >= 0.6 is 23.5 Å². The van der Waals surface area contributed by atoms with E-state index in [0.29, 0.717) is 43.2 Å². The first-order valence-corrected chi connectivity index (χ1v) is 26.5. The second-order valence-corrected chi connectivity index (χ2v) is 21.7. The van der Waals surface area contributed by atoms with Crippen LogP contribution < -0.4 is 9.47 Å². The number of methoxy groups -OCH3 is 2. The van der Waals surface area contributed by atoms with E-state index >= 15 is 0 Å². The Balaban J connectivity index is 0.000000310. The first-order chi connectivity index (χ1) is 35.0. The third-order valence-electron chi connectivity index (χ3n) is 11.7. The average Bonchev–Trinajstić information content (AvgIpc) is 3.99. The zero-order valence-corrected chi connectivity index (χ0v) is 47.2. The fourth-order valence-electron chi connectivity index (χ4n) is 7.94. The van der Waals surface area contributed by atoms with Crippen LogP contribution in [0, 0.1) is 11.8 Å². The van der Waals surface area contributed by atoms with Gasteiger partial charge in [-0.25, -0.2) is 14.4 Å². The van der Waals surface area contributed by atoms with E-state index in [-0.39, 0.29) is 60.1 Å². The van der Waals surface area contributed by atoms with Crippen LogP contribution in [0.2, 0.25) is 0 Å². The molecule has 4 heterocycles. The van der Waals surface area contributed by atoms with Crippen LogP contribution in [0.3, 0.4) is 0 Å². The molecule has 4 aliphatic rings. The second kappa shape index (κ2) is 28.8. The van der Waals surface area contributed by atoms with E-state index in [9.17, 15) is 19.2 Å². The lowest BCUT2D eigenvalue weighted by atomic mass is 9.87. The number of rotatable bonds is 15. The number of aliphatic hydroxyl groups is 1. The van der Waals surface area contributed by atoms with E-state index in [4.69, 9.17) is 62.5 Å².